The van der Waals surface area contributed by atoms with Crippen LogP contribution in [0.5, 0.6) is 0 Å². The molecule has 1 aromatic heterocycles. The van der Waals surface area contributed by atoms with Crippen molar-refractivity contribution in [3.05, 3.63) is 39.9 Å². The quantitative estimate of drug-likeness (QED) is 0.756. The summed E-state index contributed by atoms with van der Waals surface area (Å²) >= 11 is 4.39. The molecule has 0 spiro atoms. The molecule has 0 N–H and O–H groups in total. The molecule has 0 aliphatic carbocycles. The topological polar surface area (TPSA) is 12.9 Å². The predicted octanol–water partition coefficient (Wildman–Crippen LogP) is 3.88. The van der Waals surface area contributed by atoms with Gasteiger partial charge in [-0.2, -0.15) is 0 Å². The molecule has 1 nitrogen and oxygen atoms in total. The second-order valence-corrected chi connectivity index (χ2v) is 4.39. The fourth-order valence-corrected chi connectivity index (χ4v) is 2.02. The lowest BCUT2D eigenvalue weighted by Crippen LogP contribution is -1.70. The molecular weight excluding hydrogens is 246 g/mol. The van der Waals surface area contributed by atoms with Crippen molar-refractivity contribution in [3.8, 4) is 10.4 Å². The summed E-state index contributed by atoms with van der Waals surface area (Å²) in [5.41, 5.74) is 0.803. The van der Waals surface area contributed by atoms with E-state index in [-0.39, 0.29) is 11.2 Å². The number of thiazole rings is 1. The van der Waals surface area contributed by atoms with E-state index in [4.69, 9.17) is 5.48 Å². The van der Waals surface area contributed by atoms with E-state index in [1.807, 2.05) is 24.3 Å². The van der Waals surface area contributed by atoms with Crippen molar-refractivity contribution in [1.82, 2.24) is 4.98 Å². The fraction of sp³-hybridized carbons (Fsp3) is 0.100. The van der Waals surface area contributed by atoms with E-state index in [2.05, 4.69) is 20.9 Å². The third-order valence-corrected chi connectivity index (χ3v) is 2.85. The zero-order valence-corrected chi connectivity index (χ0v) is 8.95. The van der Waals surface area contributed by atoms with Gasteiger partial charge in [0, 0.05) is 14.8 Å². The molecule has 13 heavy (non-hydrogen) atoms. The maximum absolute atomic E-state index is 7.71. The van der Waals surface area contributed by atoms with Crippen molar-refractivity contribution >= 4 is 27.3 Å². The summed E-state index contributed by atoms with van der Waals surface area (Å²) in [5, 5.41) is 0.0116. The number of rotatable bonds is 1. The molecule has 0 atom stereocenters. The van der Waals surface area contributed by atoms with E-state index in [9.17, 15) is 0 Å². The van der Waals surface area contributed by atoms with Crippen LogP contribution in [0.1, 0.15) is 10.5 Å². The van der Waals surface area contributed by atoms with Gasteiger partial charge in [0.15, 0.2) is 0 Å². The van der Waals surface area contributed by atoms with E-state index in [0.717, 1.165) is 21.4 Å². The summed E-state index contributed by atoms with van der Waals surface area (Å²) in [6, 6.07) is 7.39. The Morgan fingerprint density at radius 3 is 3.23 bits per heavy atom. The minimum Gasteiger partial charge on any atom is -0.249 e. The lowest BCUT2D eigenvalue weighted by molar-refractivity contribution is 1.30. The molecule has 3 heteroatoms. The molecule has 0 saturated carbocycles. The van der Waals surface area contributed by atoms with Crippen molar-refractivity contribution < 1.29 is 5.48 Å². The molecular formula is C10H8BrNS. The second kappa shape index (κ2) is 3.60. The van der Waals surface area contributed by atoms with Crippen LogP contribution in [0.4, 0.5) is 0 Å². The van der Waals surface area contributed by atoms with Gasteiger partial charge in [0.1, 0.15) is 0 Å². The van der Waals surface area contributed by atoms with Gasteiger partial charge in [-0.3, -0.25) is 0 Å². The highest BCUT2D eigenvalue weighted by atomic mass is 79.9. The molecule has 0 saturated heterocycles. The minimum atomic E-state index is -2.25. The van der Waals surface area contributed by atoms with Crippen molar-refractivity contribution in [3.63, 3.8) is 0 Å². The van der Waals surface area contributed by atoms with Gasteiger partial charge in [-0.1, -0.05) is 28.1 Å². The Morgan fingerprint density at radius 2 is 2.54 bits per heavy atom. The summed E-state index contributed by atoms with van der Waals surface area (Å²) in [6.45, 7) is -2.25. The zero-order valence-electron chi connectivity index (χ0n) is 10.5. The molecule has 66 valence electrons. The summed E-state index contributed by atoms with van der Waals surface area (Å²) in [5.74, 6) is 0. The zero-order chi connectivity index (χ0) is 12.6. The summed E-state index contributed by atoms with van der Waals surface area (Å²) in [4.78, 5) is 4.38. The highest BCUT2D eigenvalue weighted by molar-refractivity contribution is 9.10. The van der Waals surface area contributed by atoms with Crippen LogP contribution in [0, 0.1) is 6.85 Å². The Balaban J connectivity index is 2.50. The number of hydrogen-bond acceptors (Lipinski definition) is 2. The van der Waals surface area contributed by atoms with Crippen LogP contribution < -0.4 is 0 Å². The molecule has 1 aromatic carbocycles. The maximum atomic E-state index is 7.71. The van der Waals surface area contributed by atoms with Crippen LogP contribution in [-0.2, 0) is 0 Å². The highest BCUT2D eigenvalue weighted by Crippen LogP contribution is 2.27. The molecule has 2 rings (SSSR count). The van der Waals surface area contributed by atoms with E-state index in [0.29, 0.717) is 4.88 Å². The van der Waals surface area contributed by atoms with Crippen LogP contribution in [0.25, 0.3) is 10.4 Å². The second-order valence-electron chi connectivity index (χ2n) is 2.47. The summed E-state index contributed by atoms with van der Waals surface area (Å²) in [7, 11) is 0. The first kappa shape index (κ1) is 5.27. The van der Waals surface area contributed by atoms with Gasteiger partial charge in [-0.25, -0.2) is 4.98 Å². The van der Waals surface area contributed by atoms with Gasteiger partial charge >= 0.3 is 0 Å². The van der Waals surface area contributed by atoms with Crippen molar-refractivity contribution in [2.75, 3.05) is 0 Å². The standard InChI is InChI=1S/C10H8BrNS/c1-7-12-6-10(13-7)8-3-2-4-9(11)5-8/h2-6H,1H3/i1D3,6D. The largest absolute Gasteiger partial charge is 0.249 e. The van der Waals surface area contributed by atoms with Gasteiger partial charge in [-0.05, 0) is 24.5 Å². The van der Waals surface area contributed by atoms with E-state index < -0.39 is 6.85 Å². The number of nitrogens with zero attached hydrogens (tertiary/aromatic N) is 1. The van der Waals surface area contributed by atoms with Crippen molar-refractivity contribution in [2.24, 2.45) is 0 Å². The summed E-state index contributed by atoms with van der Waals surface area (Å²) < 4.78 is 30.4. The number of benzene rings is 1. The van der Waals surface area contributed by atoms with Crippen LogP contribution in [0.15, 0.2) is 34.9 Å². The predicted molar refractivity (Wildman–Crippen MR) is 60.0 cm³/mol. The molecule has 0 bridgehead atoms. The van der Waals surface area contributed by atoms with Crippen LogP contribution in [0.2, 0.25) is 0 Å². The average molecular weight is 258 g/mol. The number of aromatic nitrogens is 1. The Bertz CT molecular complexity index is 549. The highest BCUT2D eigenvalue weighted by Gasteiger charge is 2.01. The lowest BCUT2D eigenvalue weighted by Gasteiger charge is -1.95. The molecule has 2 aromatic rings. The molecule has 0 aliphatic rings. The first-order valence-electron chi connectivity index (χ1n) is 5.62. The van der Waals surface area contributed by atoms with Crippen molar-refractivity contribution in [2.45, 2.75) is 6.85 Å². The molecule has 0 unspecified atom stereocenters. The monoisotopic (exact) mass is 257 g/mol. The Hall–Kier alpha value is -0.670. The van der Waals surface area contributed by atoms with E-state index in [1.165, 1.54) is 0 Å². The van der Waals surface area contributed by atoms with Gasteiger partial charge in [0.05, 0.1) is 11.3 Å². The van der Waals surface area contributed by atoms with E-state index >= 15 is 0 Å². The summed E-state index contributed by atoms with van der Waals surface area (Å²) in [6.07, 6.45) is 0.0132. The number of halogens is 1. The normalized spacial score (nSPS) is 15.8. The van der Waals surface area contributed by atoms with Crippen LogP contribution in [-0.4, -0.2) is 4.98 Å². The molecule has 1 heterocycles. The van der Waals surface area contributed by atoms with Gasteiger partial charge in [-0.15, -0.1) is 11.3 Å². The third-order valence-electron chi connectivity index (χ3n) is 1.54. The van der Waals surface area contributed by atoms with Crippen molar-refractivity contribution in [1.29, 1.82) is 0 Å². The maximum Gasteiger partial charge on any atom is 0.0900 e. The lowest BCUT2D eigenvalue weighted by atomic mass is 10.2. The molecule has 0 radical (unpaired) electrons. The molecule has 0 aliphatic heterocycles. The van der Waals surface area contributed by atoms with Crippen LogP contribution >= 0.6 is 27.3 Å². The number of aryl methyl sites for hydroxylation is 1. The number of hydrogen-bond donors (Lipinski definition) is 0. The van der Waals surface area contributed by atoms with Gasteiger partial charge < -0.3 is 0 Å². The Labute approximate surface area is 95.2 Å². The first-order chi connectivity index (χ1) is 7.88. The average Bonchev–Trinajstić information content (AvgIpc) is 2.60. The van der Waals surface area contributed by atoms with Crippen LogP contribution in [0.3, 0.4) is 0 Å². The first-order valence-corrected chi connectivity index (χ1v) is 5.23. The fourth-order valence-electron chi connectivity index (χ4n) is 0.997. The Kier molecular flexibility index (Phi) is 1.46. The smallest absolute Gasteiger partial charge is 0.0900 e. The Morgan fingerprint density at radius 1 is 1.62 bits per heavy atom. The SMILES string of the molecule is [2H]c1nc(C([2H])([2H])[2H])sc1-c1cccc(Br)c1. The molecule has 0 fully saturated rings. The van der Waals surface area contributed by atoms with Gasteiger partial charge in [0.25, 0.3) is 0 Å². The van der Waals surface area contributed by atoms with Gasteiger partial charge in [0.2, 0.25) is 0 Å². The molecule has 0 amide bonds. The van der Waals surface area contributed by atoms with E-state index in [1.54, 1.807) is 0 Å². The third kappa shape index (κ3) is 1.98. The minimum absolute atomic E-state index is 0.0116.